The van der Waals surface area contributed by atoms with E-state index in [4.69, 9.17) is 5.73 Å². The third-order valence-corrected chi connectivity index (χ3v) is 5.46. The lowest BCUT2D eigenvalue weighted by Gasteiger charge is -2.10. The molecule has 1 saturated heterocycles. The van der Waals surface area contributed by atoms with Gasteiger partial charge in [-0.3, -0.25) is 19.3 Å². The van der Waals surface area contributed by atoms with Crippen LogP contribution in [0.15, 0.2) is 41.3 Å². The van der Waals surface area contributed by atoms with E-state index in [-0.39, 0.29) is 0 Å². The Morgan fingerprint density at radius 2 is 1.89 bits per heavy atom. The van der Waals surface area contributed by atoms with E-state index in [9.17, 15) is 14.4 Å². The average molecular weight is 383 g/mol. The molecule has 0 unspecified atom stereocenters. The summed E-state index contributed by atoms with van der Waals surface area (Å²) in [6.07, 6.45) is 2.62. The Morgan fingerprint density at radius 1 is 1.19 bits per heavy atom. The minimum Gasteiger partial charge on any atom is -0.368 e. The average Bonchev–Trinajstić information content (AvgIpc) is 3.04. The number of nitrogens with zero attached hydrogens (tertiary/aromatic N) is 2. The first kappa shape index (κ1) is 19.0. The molecule has 0 spiro atoms. The summed E-state index contributed by atoms with van der Waals surface area (Å²) >= 11 is 0.834. The number of primary amides is 1. The van der Waals surface area contributed by atoms with E-state index in [1.54, 1.807) is 6.08 Å². The molecule has 1 aromatic carbocycles. The zero-order valence-corrected chi connectivity index (χ0v) is 16.1. The number of hydrogen-bond acceptors (Lipinski definition) is 4. The Morgan fingerprint density at radius 3 is 2.56 bits per heavy atom. The normalized spacial score (nSPS) is 15.8. The maximum absolute atomic E-state index is 12.4. The van der Waals surface area contributed by atoms with Gasteiger partial charge in [0.1, 0.15) is 6.54 Å². The van der Waals surface area contributed by atoms with Crippen LogP contribution in [0, 0.1) is 13.8 Å². The van der Waals surface area contributed by atoms with Crippen molar-refractivity contribution in [3.8, 4) is 0 Å². The predicted octanol–water partition coefficient (Wildman–Crippen LogP) is 2.87. The van der Waals surface area contributed by atoms with Crippen LogP contribution >= 0.6 is 11.8 Å². The Kier molecular flexibility index (Phi) is 5.51. The van der Waals surface area contributed by atoms with Crippen LogP contribution in [0.4, 0.5) is 4.79 Å². The molecule has 27 heavy (non-hydrogen) atoms. The summed E-state index contributed by atoms with van der Waals surface area (Å²) in [6, 6.07) is 12.3. The number of hydrogen-bond donors (Lipinski definition) is 1. The topological polar surface area (TPSA) is 85.4 Å². The molecule has 0 bridgehead atoms. The van der Waals surface area contributed by atoms with Gasteiger partial charge in [-0.15, -0.1) is 0 Å². The second-order valence-electron chi connectivity index (χ2n) is 6.45. The molecule has 140 valence electrons. The van der Waals surface area contributed by atoms with Crippen LogP contribution in [0.1, 0.15) is 22.5 Å². The molecule has 2 heterocycles. The fourth-order valence-electron chi connectivity index (χ4n) is 3.14. The van der Waals surface area contributed by atoms with Crippen LogP contribution in [0.5, 0.6) is 0 Å². The van der Waals surface area contributed by atoms with E-state index >= 15 is 0 Å². The van der Waals surface area contributed by atoms with E-state index in [0.717, 1.165) is 46.6 Å². The smallest absolute Gasteiger partial charge is 0.294 e. The van der Waals surface area contributed by atoms with Crippen LogP contribution in [0.3, 0.4) is 0 Å². The predicted molar refractivity (Wildman–Crippen MR) is 106 cm³/mol. The van der Waals surface area contributed by atoms with E-state index < -0.39 is 23.6 Å². The molecule has 0 aliphatic carbocycles. The lowest BCUT2D eigenvalue weighted by Crippen LogP contribution is -2.36. The van der Waals surface area contributed by atoms with Crippen molar-refractivity contribution in [3.05, 3.63) is 63.8 Å². The molecule has 2 aromatic rings. The van der Waals surface area contributed by atoms with Crippen molar-refractivity contribution in [1.82, 2.24) is 9.47 Å². The first-order valence-electron chi connectivity index (χ1n) is 8.61. The molecule has 3 rings (SSSR count). The molecule has 1 aliphatic rings. The number of carbonyl (C=O) groups excluding carboxylic acids is 3. The van der Waals surface area contributed by atoms with E-state index in [1.165, 1.54) is 5.56 Å². The monoisotopic (exact) mass is 383 g/mol. The summed E-state index contributed by atoms with van der Waals surface area (Å²) in [7, 11) is 0. The summed E-state index contributed by atoms with van der Waals surface area (Å²) in [5.74, 6) is -1.18. The van der Waals surface area contributed by atoms with E-state index in [1.807, 2.05) is 38.1 Å². The molecule has 0 saturated carbocycles. The minimum atomic E-state index is -0.711. The Bertz CT molecular complexity index is 931. The van der Waals surface area contributed by atoms with Crippen LogP contribution in [-0.4, -0.2) is 33.1 Å². The van der Waals surface area contributed by atoms with Gasteiger partial charge >= 0.3 is 0 Å². The molecule has 0 atom stereocenters. The number of rotatable bonds is 6. The van der Waals surface area contributed by atoms with Gasteiger partial charge in [-0.1, -0.05) is 30.3 Å². The van der Waals surface area contributed by atoms with Gasteiger partial charge in [0.15, 0.2) is 0 Å². The van der Waals surface area contributed by atoms with Crippen molar-refractivity contribution >= 4 is 34.9 Å². The molecule has 1 aliphatic heterocycles. The molecule has 1 fully saturated rings. The van der Waals surface area contributed by atoms with Gasteiger partial charge in [-0.2, -0.15) is 0 Å². The fourth-order valence-corrected chi connectivity index (χ4v) is 3.97. The number of imide groups is 1. The summed E-state index contributed by atoms with van der Waals surface area (Å²) in [5, 5.41) is -0.470. The Balaban J connectivity index is 1.80. The number of nitrogens with two attached hydrogens (primary N) is 1. The van der Waals surface area contributed by atoms with Gasteiger partial charge < -0.3 is 10.3 Å². The van der Waals surface area contributed by atoms with Gasteiger partial charge in [0.25, 0.3) is 11.1 Å². The highest BCUT2D eigenvalue weighted by Crippen LogP contribution is 2.33. The second kappa shape index (κ2) is 7.84. The zero-order valence-electron chi connectivity index (χ0n) is 15.3. The van der Waals surface area contributed by atoms with Crippen molar-refractivity contribution < 1.29 is 14.4 Å². The molecule has 7 heteroatoms. The summed E-state index contributed by atoms with van der Waals surface area (Å²) in [5.41, 5.74) is 9.38. The largest absolute Gasteiger partial charge is 0.368 e. The highest BCUT2D eigenvalue weighted by molar-refractivity contribution is 8.18. The van der Waals surface area contributed by atoms with Crippen LogP contribution in [-0.2, 0) is 22.6 Å². The SMILES string of the molecule is Cc1cc(/C=C2\SC(=O)N(CC(N)=O)C2=O)c(C)n1CCc1ccccc1. The molecular weight excluding hydrogens is 362 g/mol. The number of thioether (sulfide) groups is 1. The second-order valence-corrected chi connectivity index (χ2v) is 7.44. The Labute approximate surface area is 162 Å². The van der Waals surface area contributed by atoms with Gasteiger partial charge in [0.05, 0.1) is 4.91 Å². The maximum Gasteiger partial charge on any atom is 0.294 e. The summed E-state index contributed by atoms with van der Waals surface area (Å²) in [6.45, 7) is 4.46. The Hall–Kier alpha value is -2.80. The van der Waals surface area contributed by atoms with Crippen molar-refractivity contribution in [1.29, 1.82) is 0 Å². The zero-order chi connectivity index (χ0) is 19.6. The van der Waals surface area contributed by atoms with Crippen molar-refractivity contribution in [2.45, 2.75) is 26.8 Å². The highest BCUT2D eigenvalue weighted by atomic mass is 32.2. The molecular formula is C20H21N3O3S. The van der Waals surface area contributed by atoms with E-state index in [0.29, 0.717) is 4.91 Å². The van der Waals surface area contributed by atoms with Crippen LogP contribution in [0.25, 0.3) is 6.08 Å². The fraction of sp³-hybridized carbons (Fsp3) is 0.250. The number of benzene rings is 1. The number of aryl methyl sites for hydroxylation is 2. The van der Waals surface area contributed by atoms with Crippen molar-refractivity contribution in [2.75, 3.05) is 6.54 Å². The first-order valence-corrected chi connectivity index (χ1v) is 9.43. The lowest BCUT2D eigenvalue weighted by atomic mass is 10.1. The highest BCUT2D eigenvalue weighted by Gasteiger charge is 2.36. The number of amides is 3. The van der Waals surface area contributed by atoms with Gasteiger partial charge in [-0.05, 0) is 55.3 Å². The van der Waals surface area contributed by atoms with Crippen LogP contribution < -0.4 is 5.73 Å². The molecule has 3 amide bonds. The standard InChI is InChI=1S/C20H21N3O3S/c1-13-10-16(11-17-19(25)23(12-18(21)24)20(26)27-17)14(2)22(13)9-8-15-6-4-3-5-7-15/h3-7,10-11H,8-9,12H2,1-2H3,(H2,21,24)/b17-11-. The van der Waals surface area contributed by atoms with Crippen molar-refractivity contribution in [2.24, 2.45) is 5.73 Å². The summed E-state index contributed by atoms with van der Waals surface area (Å²) in [4.78, 5) is 36.6. The third kappa shape index (κ3) is 4.14. The van der Waals surface area contributed by atoms with Crippen LogP contribution in [0.2, 0.25) is 0 Å². The van der Waals surface area contributed by atoms with Crippen molar-refractivity contribution in [3.63, 3.8) is 0 Å². The summed E-state index contributed by atoms with van der Waals surface area (Å²) < 4.78 is 2.20. The molecule has 1 aromatic heterocycles. The maximum atomic E-state index is 12.4. The quantitative estimate of drug-likeness (QED) is 0.777. The van der Waals surface area contributed by atoms with Gasteiger partial charge in [0.2, 0.25) is 5.91 Å². The van der Waals surface area contributed by atoms with E-state index in [2.05, 4.69) is 16.7 Å². The minimum absolute atomic E-state index is 0.310. The van der Waals surface area contributed by atoms with Gasteiger partial charge in [0, 0.05) is 17.9 Å². The third-order valence-electron chi connectivity index (χ3n) is 4.55. The lowest BCUT2D eigenvalue weighted by molar-refractivity contribution is -0.127. The molecule has 6 nitrogen and oxygen atoms in total. The van der Waals surface area contributed by atoms with Gasteiger partial charge in [-0.25, -0.2) is 0 Å². The molecule has 2 N–H and O–H groups in total. The first-order chi connectivity index (χ1) is 12.9. The number of aromatic nitrogens is 1. The molecule has 0 radical (unpaired) electrons. The number of carbonyl (C=O) groups is 3.